The summed E-state index contributed by atoms with van der Waals surface area (Å²) in [6, 6.07) is 10.9. The average Bonchev–Trinajstić information content (AvgIpc) is 3.03. The molecule has 0 saturated carbocycles. The zero-order valence-corrected chi connectivity index (χ0v) is 14.5. The molecule has 0 aliphatic heterocycles. The molecule has 21 heavy (non-hydrogen) atoms. The van der Waals surface area contributed by atoms with E-state index < -0.39 is 0 Å². The molecule has 2 heterocycles. The number of aryl methyl sites for hydroxylation is 1. The maximum atomic E-state index is 4.60. The van der Waals surface area contributed by atoms with Crippen LogP contribution in [0.15, 0.2) is 40.2 Å². The second-order valence-electron chi connectivity index (χ2n) is 5.14. The second kappa shape index (κ2) is 6.30. The molecule has 0 spiro atoms. The number of fused-ring (bicyclic) bond motifs is 1. The van der Waals surface area contributed by atoms with E-state index in [4.69, 9.17) is 0 Å². The molecule has 1 aromatic carbocycles. The number of benzene rings is 1. The molecule has 0 radical (unpaired) electrons. The number of thiophene rings is 1. The highest BCUT2D eigenvalue weighted by atomic mass is 79.9. The van der Waals surface area contributed by atoms with Crippen molar-refractivity contribution < 1.29 is 0 Å². The van der Waals surface area contributed by atoms with Gasteiger partial charge in [0, 0.05) is 33.9 Å². The van der Waals surface area contributed by atoms with Crippen molar-refractivity contribution in [2.24, 2.45) is 0 Å². The van der Waals surface area contributed by atoms with E-state index in [1.54, 1.807) is 11.3 Å². The summed E-state index contributed by atoms with van der Waals surface area (Å²) in [6.07, 6.45) is 0. The first-order valence-corrected chi connectivity index (χ1v) is 8.71. The molecule has 5 heteroatoms. The Hall–Kier alpha value is -1.17. The lowest BCUT2D eigenvalue weighted by atomic mass is 10.3. The molecule has 0 fully saturated rings. The molecule has 2 aromatic heterocycles. The summed E-state index contributed by atoms with van der Waals surface area (Å²) >= 11 is 5.29. The molecule has 110 valence electrons. The Kier molecular flexibility index (Phi) is 4.42. The van der Waals surface area contributed by atoms with Crippen molar-refractivity contribution >= 4 is 38.3 Å². The van der Waals surface area contributed by atoms with Crippen molar-refractivity contribution in [3.63, 3.8) is 0 Å². The Morgan fingerprint density at radius 3 is 2.95 bits per heavy atom. The quantitative estimate of drug-likeness (QED) is 0.721. The maximum absolute atomic E-state index is 4.60. The van der Waals surface area contributed by atoms with Crippen LogP contribution in [0.2, 0.25) is 0 Å². The SMILES string of the molecule is Cc1nc2ccccc2n1CCNC(C)c1cc(Br)cs1. The first-order chi connectivity index (χ1) is 10.1. The largest absolute Gasteiger partial charge is 0.327 e. The van der Waals surface area contributed by atoms with Gasteiger partial charge in [-0.2, -0.15) is 0 Å². The minimum Gasteiger partial charge on any atom is -0.327 e. The third-order valence-corrected chi connectivity index (χ3v) is 5.52. The molecule has 1 N–H and O–H groups in total. The Morgan fingerprint density at radius 2 is 2.19 bits per heavy atom. The van der Waals surface area contributed by atoms with E-state index in [-0.39, 0.29) is 0 Å². The van der Waals surface area contributed by atoms with Crippen molar-refractivity contribution in [2.45, 2.75) is 26.4 Å². The van der Waals surface area contributed by atoms with Gasteiger partial charge in [0.15, 0.2) is 0 Å². The summed E-state index contributed by atoms with van der Waals surface area (Å²) in [4.78, 5) is 5.96. The van der Waals surface area contributed by atoms with Crippen molar-refractivity contribution in [3.05, 3.63) is 50.9 Å². The Labute approximate surface area is 137 Å². The smallest absolute Gasteiger partial charge is 0.106 e. The minimum atomic E-state index is 0.372. The molecule has 0 bridgehead atoms. The van der Waals surface area contributed by atoms with Crippen LogP contribution in [0.25, 0.3) is 11.0 Å². The summed E-state index contributed by atoms with van der Waals surface area (Å²) in [7, 11) is 0. The zero-order valence-electron chi connectivity index (χ0n) is 12.1. The van der Waals surface area contributed by atoms with Gasteiger partial charge in [0.05, 0.1) is 11.0 Å². The van der Waals surface area contributed by atoms with Gasteiger partial charge in [0.25, 0.3) is 0 Å². The van der Waals surface area contributed by atoms with E-state index in [0.29, 0.717) is 6.04 Å². The van der Waals surface area contributed by atoms with Gasteiger partial charge in [-0.05, 0) is 48.0 Å². The fourth-order valence-corrected chi connectivity index (χ4v) is 4.00. The fraction of sp³-hybridized carbons (Fsp3) is 0.312. The standard InChI is InChI=1S/C16H18BrN3S/c1-11(16-9-13(17)10-21-16)18-7-8-20-12(2)19-14-5-3-4-6-15(14)20/h3-6,9-11,18H,7-8H2,1-2H3. The predicted octanol–water partition coefficient (Wildman–Crippen LogP) is 4.52. The molecule has 3 nitrogen and oxygen atoms in total. The highest BCUT2D eigenvalue weighted by Gasteiger charge is 2.09. The van der Waals surface area contributed by atoms with E-state index in [2.05, 4.69) is 74.3 Å². The Bertz CT molecular complexity index is 747. The van der Waals surface area contributed by atoms with E-state index in [1.165, 1.54) is 10.4 Å². The van der Waals surface area contributed by atoms with Gasteiger partial charge in [-0.3, -0.25) is 0 Å². The third kappa shape index (κ3) is 3.20. The minimum absolute atomic E-state index is 0.372. The highest BCUT2D eigenvalue weighted by Crippen LogP contribution is 2.25. The Balaban J connectivity index is 1.65. The van der Waals surface area contributed by atoms with Crippen LogP contribution < -0.4 is 5.32 Å². The normalized spacial score (nSPS) is 12.9. The average molecular weight is 364 g/mol. The molecule has 0 aliphatic carbocycles. The summed E-state index contributed by atoms with van der Waals surface area (Å²) in [5.41, 5.74) is 2.29. The summed E-state index contributed by atoms with van der Waals surface area (Å²) in [5, 5.41) is 5.71. The number of hydrogen-bond acceptors (Lipinski definition) is 3. The summed E-state index contributed by atoms with van der Waals surface area (Å²) in [6.45, 7) is 6.14. The Morgan fingerprint density at radius 1 is 1.38 bits per heavy atom. The fourth-order valence-electron chi connectivity index (χ4n) is 2.53. The lowest BCUT2D eigenvalue weighted by molar-refractivity contribution is 0.536. The van der Waals surface area contributed by atoms with Crippen LogP contribution in [0.3, 0.4) is 0 Å². The van der Waals surface area contributed by atoms with Crippen molar-refractivity contribution in [1.29, 1.82) is 0 Å². The van der Waals surface area contributed by atoms with E-state index in [9.17, 15) is 0 Å². The van der Waals surface area contributed by atoms with Gasteiger partial charge in [0.1, 0.15) is 5.82 Å². The van der Waals surface area contributed by atoms with Crippen LogP contribution in [0, 0.1) is 6.92 Å². The molecule has 0 aliphatic rings. The number of para-hydroxylation sites is 2. The van der Waals surface area contributed by atoms with Crippen LogP contribution >= 0.6 is 27.3 Å². The van der Waals surface area contributed by atoms with Gasteiger partial charge in [-0.25, -0.2) is 4.98 Å². The number of nitrogens with zero attached hydrogens (tertiary/aromatic N) is 2. The first-order valence-electron chi connectivity index (χ1n) is 7.04. The summed E-state index contributed by atoms with van der Waals surface area (Å²) < 4.78 is 3.44. The number of hydrogen-bond donors (Lipinski definition) is 1. The topological polar surface area (TPSA) is 29.9 Å². The highest BCUT2D eigenvalue weighted by molar-refractivity contribution is 9.10. The van der Waals surface area contributed by atoms with Crippen LogP contribution in [-0.4, -0.2) is 16.1 Å². The molecule has 3 aromatic rings. The van der Waals surface area contributed by atoms with Gasteiger partial charge in [0.2, 0.25) is 0 Å². The third-order valence-electron chi connectivity index (χ3n) is 3.65. The number of nitrogens with one attached hydrogen (secondary N) is 1. The van der Waals surface area contributed by atoms with E-state index in [1.807, 2.05) is 6.07 Å². The zero-order chi connectivity index (χ0) is 14.8. The van der Waals surface area contributed by atoms with Gasteiger partial charge in [-0.1, -0.05) is 12.1 Å². The molecule has 1 atom stereocenters. The van der Waals surface area contributed by atoms with Crippen LogP contribution in [0.4, 0.5) is 0 Å². The van der Waals surface area contributed by atoms with Crippen molar-refractivity contribution in [3.8, 4) is 0 Å². The number of halogens is 1. The molecule has 1 unspecified atom stereocenters. The molecule has 3 rings (SSSR count). The van der Waals surface area contributed by atoms with Gasteiger partial charge in [-0.15, -0.1) is 11.3 Å². The number of rotatable bonds is 5. The van der Waals surface area contributed by atoms with Gasteiger partial charge < -0.3 is 9.88 Å². The molecule has 0 amide bonds. The van der Waals surface area contributed by atoms with Crippen LogP contribution in [0.5, 0.6) is 0 Å². The van der Waals surface area contributed by atoms with E-state index in [0.717, 1.165) is 28.9 Å². The lowest BCUT2D eigenvalue weighted by Crippen LogP contribution is -2.23. The monoisotopic (exact) mass is 363 g/mol. The molecular formula is C16H18BrN3S. The second-order valence-corrected chi connectivity index (χ2v) is 7.00. The molecular weight excluding hydrogens is 346 g/mol. The van der Waals surface area contributed by atoms with Gasteiger partial charge >= 0.3 is 0 Å². The summed E-state index contributed by atoms with van der Waals surface area (Å²) in [5.74, 6) is 1.07. The predicted molar refractivity (Wildman–Crippen MR) is 92.9 cm³/mol. The first kappa shape index (κ1) is 14.8. The number of imidazole rings is 1. The van der Waals surface area contributed by atoms with Crippen molar-refractivity contribution in [2.75, 3.05) is 6.54 Å². The van der Waals surface area contributed by atoms with E-state index >= 15 is 0 Å². The number of aromatic nitrogens is 2. The van der Waals surface area contributed by atoms with Crippen molar-refractivity contribution in [1.82, 2.24) is 14.9 Å². The maximum Gasteiger partial charge on any atom is 0.106 e. The molecule has 0 saturated heterocycles. The van der Waals surface area contributed by atoms with Crippen LogP contribution in [0.1, 0.15) is 23.7 Å². The van der Waals surface area contributed by atoms with Crippen LogP contribution in [-0.2, 0) is 6.54 Å². The lowest BCUT2D eigenvalue weighted by Gasteiger charge is -2.13.